The van der Waals surface area contributed by atoms with Crippen molar-refractivity contribution in [3.8, 4) is 0 Å². The van der Waals surface area contributed by atoms with Gasteiger partial charge >= 0.3 is 0 Å². The van der Waals surface area contributed by atoms with Gasteiger partial charge in [0.2, 0.25) is 5.95 Å². The van der Waals surface area contributed by atoms with Crippen LogP contribution in [0, 0.1) is 11.2 Å². The van der Waals surface area contributed by atoms with Crippen LogP contribution in [0.25, 0.3) is 0 Å². The number of hydrogen-bond donors (Lipinski definition) is 0. The molecule has 116 valence electrons. The lowest BCUT2D eigenvalue weighted by atomic mass is 9.77. The molecule has 0 N–H and O–H groups in total. The van der Waals surface area contributed by atoms with Gasteiger partial charge in [-0.05, 0) is 31.6 Å². The predicted octanol–water partition coefficient (Wildman–Crippen LogP) is 2.03. The number of hydrogen-bond acceptors (Lipinski definition) is 5. The molecule has 0 radical (unpaired) electrons. The first kappa shape index (κ1) is 14.7. The molecule has 1 aromatic rings. The number of anilines is 1. The van der Waals surface area contributed by atoms with Crippen molar-refractivity contribution < 1.29 is 13.9 Å². The largest absolute Gasteiger partial charge is 0.379 e. The van der Waals surface area contributed by atoms with Crippen molar-refractivity contribution in [2.45, 2.75) is 32.3 Å². The monoisotopic (exact) mass is 295 g/mol. The summed E-state index contributed by atoms with van der Waals surface area (Å²) < 4.78 is 24.2. The minimum absolute atomic E-state index is 0.235. The number of halogens is 1. The van der Waals surface area contributed by atoms with Gasteiger partial charge in [-0.3, -0.25) is 0 Å². The lowest BCUT2D eigenvalue weighted by Crippen LogP contribution is -2.41. The summed E-state index contributed by atoms with van der Waals surface area (Å²) in [5.41, 5.74) is 0.276. The molecule has 1 atom stereocenters. The van der Waals surface area contributed by atoms with Crippen molar-refractivity contribution in [1.82, 2.24) is 9.97 Å². The Morgan fingerprint density at radius 3 is 2.76 bits per heavy atom. The maximum absolute atomic E-state index is 12.9. The molecule has 1 spiro atoms. The first-order chi connectivity index (χ1) is 10.2. The summed E-state index contributed by atoms with van der Waals surface area (Å²) in [6, 6.07) is 0. The summed E-state index contributed by atoms with van der Waals surface area (Å²) in [5.74, 6) is 0.228. The van der Waals surface area contributed by atoms with E-state index in [9.17, 15) is 4.39 Å². The van der Waals surface area contributed by atoms with E-state index in [0.29, 0.717) is 12.6 Å². The standard InChI is InChI=1S/C15H22FN3O2/c1-2-20-10-13-7-15(11-21-13)3-5-19(6-4-15)14-17-8-12(16)9-18-14/h8-9,13H,2-7,10-11H2,1H3. The topological polar surface area (TPSA) is 47.5 Å². The quantitative estimate of drug-likeness (QED) is 0.850. The van der Waals surface area contributed by atoms with E-state index < -0.39 is 5.82 Å². The summed E-state index contributed by atoms with van der Waals surface area (Å²) in [6.45, 7) is 6.06. The Morgan fingerprint density at radius 1 is 1.38 bits per heavy atom. The smallest absolute Gasteiger partial charge is 0.225 e. The van der Waals surface area contributed by atoms with Crippen LogP contribution < -0.4 is 4.90 Å². The molecule has 21 heavy (non-hydrogen) atoms. The van der Waals surface area contributed by atoms with Gasteiger partial charge in [-0.1, -0.05) is 0 Å². The zero-order valence-electron chi connectivity index (χ0n) is 12.4. The van der Waals surface area contributed by atoms with Gasteiger partial charge < -0.3 is 14.4 Å². The average Bonchev–Trinajstić information content (AvgIpc) is 2.90. The molecule has 1 unspecified atom stereocenters. The Hall–Kier alpha value is -1.27. The van der Waals surface area contributed by atoms with Gasteiger partial charge in [0, 0.05) is 19.7 Å². The van der Waals surface area contributed by atoms with E-state index in [1.807, 2.05) is 6.92 Å². The third-order valence-corrected chi connectivity index (χ3v) is 4.51. The summed E-state index contributed by atoms with van der Waals surface area (Å²) in [7, 11) is 0. The van der Waals surface area contributed by atoms with Crippen LogP contribution in [0.2, 0.25) is 0 Å². The summed E-state index contributed by atoms with van der Waals surface area (Å²) in [6.07, 6.45) is 5.89. The number of piperidine rings is 1. The molecule has 0 bridgehead atoms. The molecule has 5 nitrogen and oxygen atoms in total. The third kappa shape index (κ3) is 3.32. The van der Waals surface area contributed by atoms with Gasteiger partial charge in [0.1, 0.15) is 0 Å². The Balaban J connectivity index is 1.54. The van der Waals surface area contributed by atoms with Crippen LogP contribution in [0.4, 0.5) is 10.3 Å². The van der Waals surface area contributed by atoms with Gasteiger partial charge in [-0.2, -0.15) is 0 Å². The van der Waals surface area contributed by atoms with E-state index in [1.54, 1.807) is 0 Å². The van der Waals surface area contributed by atoms with Gasteiger partial charge in [-0.15, -0.1) is 0 Å². The van der Waals surface area contributed by atoms with Crippen molar-refractivity contribution in [3.63, 3.8) is 0 Å². The van der Waals surface area contributed by atoms with Crippen molar-refractivity contribution >= 4 is 5.95 Å². The zero-order valence-corrected chi connectivity index (χ0v) is 12.4. The highest BCUT2D eigenvalue weighted by atomic mass is 19.1. The van der Waals surface area contributed by atoms with Crippen LogP contribution in [-0.4, -0.2) is 49.0 Å². The van der Waals surface area contributed by atoms with Crippen LogP contribution in [0.3, 0.4) is 0 Å². The first-order valence-corrected chi connectivity index (χ1v) is 7.63. The summed E-state index contributed by atoms with van der Waals surface area (Å²) in [4.78, 5) is 10.2. The van der Waals surface area contributed by atoms with Crippen molar-refractivity contribution in [2.75, 3.05) is 37.8 Å². The van der Waals surface area contributed by atoms with E-state index >= 15 is 0 Å². The maximum atomic E-state index is 12.9. The molecule has 2 aliphatic rings. The van der Waals surface area contributed by atoms with Crippen molar-refractivity contribution in [2.24, 2.45) is 5.41 Å². The highest BCUT2D eigenvalue weighted by molar-refractivity contribution is 5.29. The lowest BCUT2D eigenvalue weighted by Gasteiger charge is -2.38. The molecule has 6 heteroatoms. The maximum Gasteiger partial charge on any atom is 0.225 e. The number of nitrogens with zero attached hydrogens (tertiary/aromatic N) is 3. The molecule has 0 saturated carbocycles. The van der Waals surface area contributed by atoms with Crippen molar-refractivity contribution in [1.29, 1.82) is 0 Å². The SMILES string of the molecule is CCOCC1CC2(CCN(c3ncc(F)cn3)CC2)CO1. The van der Waals surface area contributed by atoms with Crippen LogP contribution >= 0.6 is 0 Å². The van der Waals surface area contributed by atoms with Crippen LogP contribution in [-0.2, 0) is 9.47 Å². The van der Waals surface area contributed by atoms with E-state index in [4.69, 9.17) is 9.47 Å². The highest BCUT2D eigenvalue weighted by Gasteiger charge is 2.42. The molecule has 3 rings (SSSR count). The fourth-order valence-electron chi connectivity index (χ4n) is 3.25. The Morgan fingerprint density at radius 2 is 2.10 bits per heavy atom. The lowest BCUT2D eigenvalue weighted by molar-refractivity contribution is 0.0183. The van der Waals surface area contributed by atoms with Crippen molar-refractivity contribution in [3.05, 3.63) is 18.2 Å². The molecule has 3 heterocycles. The Bertz CT molecular complexity index is 460. The van der Waals surface area contributed by atoms with E-state index in [0.717, 1.165) is 45.6 Å². The van der Waals surface area contributed by atoms with E-state index in [-0.39, 0.29) is 11.5 Å². The average molecular weight is 295 g/mol. The minimum atomic E-state index is -0.393. The summed E-state index contributed by atoms with van der Waals surface area (Å²) in [5, 5.41) is 0. The molecular weight excluding hydrogens is 273 g/mol. The second-order valence-corrected chi connectivity index (χ2v) is 5.98. The third-order valence-electron chi connectivity index (χ3n) is 4.51. The molecule has 2 aliphatic heterocycles. The second kappa shape index (κ2) is 6.23. The molecule has 0 aromatic carbocycles. The second-order valence-electron chi connectivity index (χ2n) is 5.98. The molecule has 2 fully saturated rings. The highest BCUT2D eigenvalue weighted by Crippen LogP contribution is 2.42. The molecule has 1 aromatic heterocycles. The molecule has 2 saturated heterocycles. The predicted molar refractivity (Wildman–Crippen MR) is 76.7 cm³/mol. The fraction of sp³-hybridized carbons (Fsp3) is 0.733. The summed E-state index contributed by atoms with van der Waals surface area (Å²) >= 11 is 0. The zero-order chi connectivity index (χ0) is 14.7. The number of ether oxygens (including phenoxy) is 2. The first-order valence-electron chi connectivity index (χ1n) is 7.63. The van der Waals surface area contributed by atoms with Crippen LogP contribution in [0.1, 0.15) is 26.2 Å². The normalized spacial score (nSPS) is 24.7. The van der Waals surface area contributed by atoms with Gasteiger partial charge in [0.25, 0.3) is 0 Å². The van der Waals surface area contributed by atoms with Gasteiger partial charge in [0.15, 0.2) is 5.82 Å². The van der Waals surface area contributed by atoms with Gasteiger partial charge in [0.05, 0.1) is 31.7 Å². The number of aromatic nitrogens is 2. The van der Waals surface area contributed by atoms with Crippen LogP contribution in [0.5, 0.6) is 0 Å². The van der Waals surface area contributed by atoms with E-state index in [1.165, 1.54) is 12.4 Å². The van der Waals surface area contributed by atoms with Crippen LogP contribution in [0.15, 0.2) is 12.4 Å². The molecular formula is C15H22FN3O2. The molecule has 0 amide bonds. The fourth-order valence-corrected chi connectivity index (χ4v) is 3.25. The van der Waals surface area contributed by atoms with E-state index in [2.05, 4.69) is 14.9 Å². The molecule has 0 aliphatic carbocycles. The number of rotatable bonds is 4. The minimum Gasteiger partial charge on any atom is -0.379 e. The Kier molecular flexibility index (Phi) is 4.35. The van der Waals surface area contributed by atoms with Gasteiger partial charge in [-0.25, -0.2) is 14.4 Å². The Labute approximate surface area is 124 Å².